The maximum atomic E-state index is 12.1. The van der Waals surface area contributed by atoms with Gasteiger partial charge in [0.25, 0.3) is 0 Å². The summed E-state index contributed by atoms with van der Waals surface area (Å²) in [4.78, 5) is 0. The number of hydrogen-bond donors (Lipinski definition) is 1. The zero-order chi connectivity index (χ0) is 14.0. The molecule has 0 aliphatic carbocycles. The Labute approximate surface area is 106 Å². The van der Waals surface area contributed by atoms with Gasteiger partial charge in [-0.05, 0) is 12.1 Å². The van der Waals surface area contributed by atoms with Crippen molar-refractivity contribution >= 4 is 5.69 Å². The Morgan fingerprint density at radius 3 is 2.58 bits per heavy atom. The van der Waals surface area contributed by atoms with Crippen LogP contribution in [0.15, 0.2) is 24.3 Å². The number of nitrogen functional groups attached to an aromatic ring is 1. The van der Waals surface area contributed by atoms with Gasteiger partial charge in [0.2, 0.25) is 0 Å². The highest BCUT2D eigenvalue weighted by Gasteiger charge is 2.29. The zero-order valence-electron chi connectivity index (χ0n) is 9.98. The molecule has 0 unspecified atom stereocenters. The Kier molecular flexibility index (Phi) is 3.32. The standard InChI is InChI=1S/C11H11F3N4O/c1-18-9(7-4-2-3-5-8(7)15)16-17-10(18)19-6-11(12,13)14/h2-5H,6,15H2,1H3. The molecule has 0 aliphatic rings. The number of nitrogens with zero attached hydrogens (tertiary/aromatic N) is 3. The first-order valence-electron chi connectivity index (χ1n) is 5.32. The van der Waals surface area contributed by atoms with Gasteiger partial charge in [0, 0.05) is 18.3 Å². The monoisotopic (exact) mass is 272 g/mol. The molecule has 1 aromatic heterocycles. The van der Waals surface area contributed by atoms with E-state index in [1.807, 2.05) is 0 Å². The number of hydrogen-bond acceptors (Lipinski definition) is 4. The van der Waals surface area contributed by atoms with Crippen molar-refractivity contribution in [3.63, 3.8) is 0 Å². The first-order chi connectivity index (χ1) is 8.88. The van der Waals surface area contributed by atoms with E-state index in [0.29, 0.717) is 17.1 Å². The Balaban J connectivity index is 2.26. The van der Waals surface area contributed by atoms with Crippen LogP contribution in [0.5, 0.6) is 6.01 Å². The minimum absolute atomic E-state index is 0.212. The van der Waals surface area contributed by atoms with Gasteiger partial charge in [0.1, 0.15) is 0 Å². The molecule has 1 aromatic carbocycles. The van der Waals surface area contributed by atoms with Crippen LogP contribution in [0, 0.1) is 0 Å². The molecule has 2 N–H and O–H groups in total. The molecular formula is C11H11F3N4O. The van der Waals surface area contributed by atoms with Crippen LogP contribution in [0.25, 0.3) is 11.4 Å². The molecule has 0 spiro atoms. The van der Waals surface area contributed by atoms with Crippen molar-refractivity contribution in [2.75, 3.05) is 12.3 Å². The summed E-state index contributed by atoms with van der Waals surface area (Å²) in [7, 11) is 1.51. The summed E-state index contributed by atoms with van der Waals surface area (Å²) in [6.45, 7) is -1.41. The van der Waals surface area contributed by atoms with Crippen molar-refractivity contribution in [2.45, 2.75) is 6.18 Å². The van der Waals surface area contributed by atoms with Crippen molar-refractivity contribution in [1.82, 2.24) is 14.8 Å². The predicted molar refractivity (Wildman–Crippen MR) is 62.4 cm³/mol. The van der Waals surface area contributed by atoms with Crippen molar-refractivity contribution in [2.24, 2.45) is 7.05 Å². The average molecular weight is 272 g/mol. The van der Waals surface area contributed by atoms with E-state index < -0.39 is 12.8 Å². The van der Waals surface area contributed by atoms with E-state index in [1.54, 1.807) is 24.3 Å². The van der Waals surface area contributed by atoms with Gasteiger partial charge in [0.05, 0.1) is 0 Å². The van der Waals surface area contributed by atoms with E-state index >= 15 is 0 Å². The molecule has 102 valence electrons. The third kappa shape index (κ3) is 2.95. The molecule has 0 aliphatic heterocycles. The van der Waals surface area contributed by atoms with E-state index in [4.69, 9.17) is 5.73 Å². The van der Waals surface area contributed by atoms with Gasteiger partial charge in [-0.25, -0.2) is 0 Å². The highest BCUT2D eigenvalue weighted by molar-refractivity contribution is 5.71. The summed E-state index contributed by atoms with van der Waals surface area (Å²) in [5.41, 5.74) is 6.81. The van der Waals surface area contributed by atoms with E-state index in [1.165, 1.54) is 11.6 Å². The Hall–Kier alpha value is -2.25. The van der Waals surface area contributed by atoms with Crippen molar-refractivity contribution in [3.8, 4) is 17.4 Å². The molecule has 0 radical (unpaired) electrons. The van der Waals surface area contributed by atoms with E-state index in [0.717, 1.165) is 0 Å². The maximum absolute atomic E-state index is 12.1. The number of halogens is 3. The average Bonchev–Trinajstić information content (AvgIpc) is 2.68. The normalized spacial score (nSPS) is 11.6. The number of para-hydroxylation sites is 1. The van der Waals surface area contributed by atoms with Crippen molar-refractivity contribution in [1.29, 1.82) is 0 Å². The van der Waals surface area contributed by atoms with E-state index in [9.17, 15) is 13.2 Å². The Morgan fingerprint density at radius 1 is 1.26 bits per heavy atom. The van der Waals surface area contributed by atoms with Crippen LogP contribution in [0.1, 0.15) is 0 Å². The van der Waals surface area contributed by atoms with Crippen LogP contribution >= 0.6 is 0 Å². The maximum Gasteiger partial charge on any atom is 0.422 e. The molecular weight excluding hydrogens is 261 g/mol. The van der Waals surface area contributed by atoms with Gasteiger partial charge in [0.15, 0.2) is 12.4 Å². The summed E-state index contributed by atoms with van der Waals surface area (Å²) in [6.07, 6.45) is -4.42. The first kappa shape index (κ1) is 13.2. The largest absolute Gasteiger partial charge is 0.454 e. The smallest absolute Gasteiger partial charge is 0.422 e. The van der Waals surface area contributed by atoms with Gasteiger partial charge in [-0.2, -0.15) is 13.2 Å². The van der Waals surface area contributed by atoms with Gasteiger partial charge < -0.3 is 10.5 Å². The van der Waals surface area contributed by atoms with Crippen LogP contribution in [-0.2, 0) is 7.05 Å². The number of rotatable bonds is 3. The Morgan fingerprint density at radius 2 is 1.95 bits per heavy atom. The minimum atomic E-state index is -4.42. The summed E-state index contributed by atoms with van der Waals surface area (Å²) < 4.78 is 42.1. The summed E-state index contributed by atoms with van der Waals surface area (Å²) in [5.74, 6) is 0.343. The number of alkyl halides is 3. The van der Waals surface area contributed by atoms with Crippen LogP contribution in [0.3, 0.4) is 0 Å². The summed E-state index contributed by atoms with van der Waals surface area (Å²) in [5, 5.41) is 7.36. The highest BCUT2D eigenvalue weighted by Crippen LogP contribution is 2.26. The van der Waals surface area contributed by atoms with E-state index in [2.05, 4.69) is 14.9 Å². The lowest BCUT2D eigenvalue weighted by Crippen LogP contribution is -2.20. The van der Waals surface area contributed by atoms with Crippen LogP contribution in [0.4, 0.5) is 18.9 Å². The second-order valence-corrected chi connectivity index (χ2v) is 3.86. The van der Waals surface area contributed by atoms with Crippen LogP contribution in [0.2, 0.25) is 0 Å². The van der Waals surface area contributed by atoms with Crippen LogP contribution < -0.4 is 10.5 Å². The summed E-state index contributed by atoms with van der Waals surface area (Å²) in [6, 6.07) is 6.65. The molecule has 2 aromatic rings. The molecule has 1 heterocycles. The fourth-order valence-corrected chi connectivity index (χ4v) is 1.52. The molecule has 0 saturated heterocycles. The first-order valence-corrected chi connectivity index (χ1v) is 5.32. The lowest BCUT2D eigenvalue weighted by molar-refractivity contribution is -0.155. The van der Waals surface area contributed by atoms with Crippen molar-refractivity contribution in [3.05, 3.63) is 24.3 Å². The number of benzene rings is 1. The van der Waals surface area contributed by atoms with Gasteiger partial charge >= 0.3 is 12.2 Å². The molecule has 8 heteroatoms. The van der Waals surface area contributed by atoms with Gasteiger partial charge in [-0.15, -0.1) is 5.10 Å². The number of aromatic nitrogens is 3. The third-order valence-corrected chi connectivity index (χ3v) is 2.40. The van der Waals surface area contributed by atoms with Crippen molar-refractivity contribution < 1.29 is 17.9 Å². The second-order valence-electron chi connectivity index (χ2n) is 3.86. The molecule has 0 atom stereocenters. The predicted octanol–water partition coefficient (Wildman–Crippen LogP) is 2.01. The van der Waals surface area contributed by atoms with Gasteiger partial charge in [-0.1, -0.05) is 17.2 Å². The SMILES string of the molecule is Cn1c(OCC(F)(F)F)nnc1-c1ccccc1N. The third-order valence-electron chi connectivity index (χ3n) is 2.40. The molecule has 0 saturated carbocycles. The molecule has 0 amide bonds. The lowest BCUT2D eigenvalue weighted by atomic mass is 10.2. The minimum Gasteiger partial charge on any atom is -0.454 e. The molecule has 19 heavy (non-hydrogen) atoms. The number of anilines is 1. The Bertz CT molecular complexity index is 580. The zero-order valence-corrected chi connectivity index (χ0v) is 9.98. The molecule has 0 fully saturated rings. The topological polar surface area (TPSA) is 66.0 Å². The molecule has 0 bridgehead atoms. The second kappa shape index (κ2) is 4.79. The fraction of sp³-hybridized carbons (Fsp3) is 0.273. The molecule has 5 nitrogen and oxygen atoms in total. The summed E-state index contributed by atoms with van der Waals surface area (Å²) >= 11 is 0. The van der Waals surface area contributed by atoms with E-state index in [-0.39, 0.29) is 6.01 Å². The van der Waals surface area contributed by atoms with Crippen LogP contribution in [-0.4, -0.2) is 27.5 Å². The lowest BCUT2D eigenvalue weighted by Gasteiger charge is -2.09. The number of nitrogens with two attached hydrogens (primary N) is 1. The van der Waals surface area contributed by atoms with Gasteiger partial charge in [-0.3, -0.25) is 4.57 Å². The number of ether oxygens (including phenoxy) is 1. The molecule has 2 rings (SSSR count). The highest BCUT2D eigenvalue weighted by atomic mass is 19.4. The quantitative estimate of drug-likeness (QED) is 0.868. The fourth-order valence-electron chi connectivity index (χ4n) is 1.52.